The molecule has 0 unspecified atom stereocenters. The SMILES string of the molecule is CC(C)[C@H](NC(=O)OCc1ccccc1)C(=O)C[C@@H](C)C(=O)N[C@@H](CC(=O)O)C(=O)c1nc(-c2ccccc2)co1. The zero-order valence-corrected chi connectivity index (χ0v) is 23.0. The Hall–Kier alpha value is -4.80. The number of benzene rings is 2. The Morgan fingerprint density at radius 1 is 0.902 bits per heavy atom. The van der Waals surface area contributed by atoms with Gasteiger partial charge < -0.3 is 24.9 Å². The van der Waals surface area contributed by atoms with Crippen LogP contribution >= 0.6 is 0 Å². The van der Waals surface area contributed by atoms with E-state index in [1.165, 1.54) is 13.2 Å². The van der Waals surface area contributed by atoms with Gasteiger partial charge in [0, 0.05) is 17.9 Å². The van der Waals surface area contributed by atoms with E-state index in [4.69, 9.17) is 9.15 Å². The molecular formula is C30H33N3O8. The number of hydrogen-bond donors (Lipinski definition) is 3. The molecule has 0 aliphatic rings. The van der Waals surface area contributed by atoms with Crippen molar-refractivity contribution in [1.82, 2.24) is 15.6 Å². The molecule has 216 valence electrons. The first-order valence-electron chi connectivity index (χ1n) is 13.1. The molecule has 2 amide bonds. The molecule has 41 heavy (non-hydrogen) atoms. The average Bonchev–Trinajstić information content (AvgIpc) is 3.45. The molecule has 0 aliphatic heterocycles. The summed E-state index contributed by atoms with van der Waals surface area (Å²) in [5.74, 6) is -4.84. The number of amides is 2. The molecule has 0 radical (unpaired) electrons. The van der Waals surface area contributed by atoms with Crippen LogP contribution in [0.2, 0.25) is 0 Å². The van der Waals surface area contributed by atoms with E-state index in [1.54, 1.807) is 50.2 Å². The molecule has 3 N–H and O–H groups in total. The quantitative estimate of drug-likeness (QED) is 0.246. The smallest absolute Gasteiger partial charge is 0.408 e. The van der Waals surface area contributed by atoms with Crippen molar-refractivity contribution in [2.75, 3.05) is 0 Å². The number of aliphatic carboxylic acids is 1. The van der Waals surface area contributed by atoms with Crippen LogP contribution in [0, 0.1) is 11.8 Å². The number of carbonyl (C=O) groups is 5. The zero-order chi connectivity index (χ0) is 29.9. The number of ether oxygens (including phenoxy) is 1. The third-order valence-electron chi connectivity index (χ3n) is 6.25. The first-order chi connectivity index (χ1) is 19.5. The van der Waals surface area contributed by atoms with Gasteiger partial charge in [0.2, 0.25) is 11.7 Å². The fourth-order valence-corrected chi connectivity index (χ4v) is 4.01. The minimum Gasteiger partial charge on any atom is -0.481 e. The van der Waals surface area contributed by atoms with E-state index >= 15 is 0 Å². The predicted octanol–water partition coefficient (Wildman–Crippen LogP) is 4.03. The van der Waals surface area contributed by atoms with Crippen molar-refractivity contribution in [2.24, 2.45) is 11.8 Å². The van der Waals surface area contributed by atoms with Crippen LogP contribution in [0.1, 0.15) is 49.9 Å². The maximum Gasteiger partial charge on any atom is 0.408 e. The van der Waals surface area contributed by atoms with Crippen molar-refractivity contribution < 1.29 is 38.2 Å². The van der Waals surface area contributed by atoms with Crippen molar-refractivity contribution in [2.45, 2.75) is 52.3 Å². The van der Waals surface area contributed by atoms with E-state index < -0.39 is 54.0 Å². The summed E-state index contributed by atoms with van der Waals surface area (Å²) in [5.41, 5.74) is 1.85. The number of aromatic nitrogens is 1. The number of alkyl carbamates (subject to hydrolysis) is 1. The van der Waals surface area contributed by atoms with E-state index in [0.717, 1.165) is 5.56 Å². The van der Waals surface area contributed by atoms with E-state index in [0.29, 0.717) is 11.3 Å². The largest absolute Gasteiger partial charge is 0.481 e. The summed E-state index contributed by atoms with van der Waals surface area (Å²) < 4.78 is 10.5. The predicted molar refractivity (Wildman–Crippen MR) is 148 cm³/mol. The Labute approximate surface area is 237 Å². The molecule has 0 spiro atoms. The maximum atomic E-state index is 13.0. The molecule has 3 rings (SSSR count). The molecule has 11 heteroatoms. The lowest BCUT2D eigenvalue weighted by Crippen LogP contribution is -2.47. The minimum atomic E-state index is -1.47. The van der Waals surface area contributed by atoms with E-state index in [2.05, 4.69) is 15.6 Å². The highest BCUT2D eigenvalue weighted by molar-refractivity contribution is 6.01. The van der Waals surface area contributed by atoms with Crippen molar-refractivity contribution in [3.05, 3.63) is 78.4 Å². The summed E-state index contributed by atoms with van der Waals surface area (Å²) in [6.07, 6.45) is -0.477. The van der Waals surface area contributed by atoms with Crippen LogP contribution in [0.25, 0.3) is 11.3 Å². The highest BCUT2D eigenvalue weighted by Crippen LogP contribution is 2.19. The van der Waals surface area contributed by atoms with Gasteiger partial charge in [-0.3, -0.25) is 19.2 Å². The lowest BCUT2D eigenvalue weighted by Gasteiger charge is -2.23. The molecule has 3 atom stereocenters. The van der Waals surface area contributed by atoms with Gasteiger partial charge in [-0.2, -0.15) is 0 Å². The Bertz CT molecular complexity index is 1350. The zero-order valence-electron chi connectivity index (χ0n) is 23.0. The highest BCUT2D eigenvalue weighted by Gasteiger charge is 2.32. The first kappa shape index (κ1) is 30.7. The van der Waals surface area contributed by atoms with Gasteiger partial charge in [0.05, 0.1) is 12.5 Å². The molecule has 3 aromatic rings. The summed E-state index contributed by atoms with van der Waals surface area (Å²) >= 11 is 0. The number of hydrogen-bond acceptors (Lipinski definition) is 8. The maximum absolute atomic E-state index is 13.0. The Morgan fingerprint density at radius 2 is 1.54 bits per heavy atom. The van der Waals surface area contributed by atoms with Crippen molar-refractivity contribution in [3.63, 3.8) is 0 Å². The fraction of sp³-hybridized carbons (Fsp3) is 0.333. The summed E-state index contributed by atoms with van der Waals surface area (Å²) in [6, 6.07) is 15.6. The molecular weight excluding hydrogens is 530 g/mol. The molecule has 1 aromatic heterocycles. The molecule has 0 saturated carbocycles. The Morgan fingerprint density at radius 3 is 2.15 bits per heavy atom. The van der Waals surface area contributed by atoms with Gasteiger partial charge in [0.1, 0.15) is 24.6 Å². The normalized spacial score (nSPS) is 13.1. The number of nitrogens with one attached hydrogen (secondary N) is 2. The molecule has 2 aromatic carbocycles. The second-order valence-electron chi connectivity index (χ2n) is 9.93. The lowest BCUT2D eigenvalue weighted by molar-refractivity contribution is -0.137. The van der Waals surface area contributed by atoms with Gasteiger partial charge in [-0.15, -0.1) is 0 Å². The fourth-order valence-electron chi connectivity index (χ4n) is 4.01. The van der Waals surface area contributed by atoms with E-state index in [9.17, 15) is 29.1 Å². The lowest BCUT2D eigenvalue weighted by atomic mass is 9.92. The van der Waals surface area contributed by atoms with Crippen LogP contribution in [-0.4, -0.2) is 51.7 Å². The minimum absolute atomic E-state index is 0.0286. The molecule has 1 heterocycles. The van der Waals surface area contributed by atoms with Gasteiger partial charge in [-0.25, -0.2) is 9.78 Å². The average molecular weight is 564 g/mol. The van der Waals surface area contributed by atoms with Crippen LogP contribution in [0.4, 0.5) is 4.79 Å². The molecule has 0 fully saturated rings. The summed E-state index contributed by atoms with van der Waals surface area (Å²) in [4.78, 5) is 66.9. The first-order valence-corrected chi connectivity index (χ1v) is 13.1. The van der Waals surface area contributed by atoms with Crippen molar-refractivity contribution in [3.8, 4) is 11.3 Å². The number of carbonyl (C=O) groups excluding carboxylic acids is 4. The molecule has 0 bridgehead atoms. The number of oxazole rings is 1. The van der Waals surface area contributed by atoms with Crippen molar-refractivity contribution in [1.29, 1.82) is 0 Å². The number of carboxylic acid groups (broad SMARTS) is 1. The monoisotopic (exact) mass is 563 g/mol. The third kappa shape index (κ3) is 9.13. The molecule has 0 aliphatic carbocycles. The third-order valence-corrected chi connectivity index (χ3v) is 6.25. The summed E-state index contributed by atoms with van der Waals surface area (Å²) in [5, 5.41) is 14.3. The molecule has 0 saturated heterocycles. The van der Waals surface area contributed by atoms with Crippen LogP contribution < -0.4 is 10.6 Å². The topological polar surface area (TPSA) is 165 Å². The van der Waals surface area contributed by atoms with E-state index in [1.807, 2.05) is 24.3 Å². The second kappa shape index (κ2) is 14.5. The van der Waals surface area contributed by atoms with Gasteiger partial charge >= 0.3 is 12.1 Å². The highest BCUT2D eigenvalue weighted by atomic mass is 16.5. The van der Waals surface area contributed by atoms with Gasteiger partial charge in [0.25, 0.3) is 5.89 Å². The van der Waals surface area contributed by atoms with Crippen LogP contribution in [-0.2, 0) is 25.7 Å². The standard InChI is InChI=1S/C30H33N3O8/c1-18(2)26(33-30(39)41-16-20-10-6-4-7-11-20)24(34)14-19(3)28(38)31-22(15-25(35)36)27(37)29-32-23(17-40-29)21-12-8-5-9-13-21/h4-13,17-19,22,26H,14-16H2,1-3H3,(H,31,38)(H,33,39)(H,35,36)/t19-,22+,26+/m1/s1. The number of Topliss-reactive ketones (excluding diaryl/α,β-unsaturated/α-hetero) is 2. The van der Waals surface area contributed by atoms with Crippen LogP contribution in [0.3, 0.4) is 0 Å². The number of carboxylic acids is 1. The van der Waals surface area contributed by atoms with E-state index in [-0.39, 0.29) is 24.8 Å². The number of rotatable bonds is 14. The summed E-state index contributed by atoms with van der Waals surface area (Å²) in [6.45, 7) is 4.99. The number of nitrogens with zero attached hydrogens (tertiary/aromatic N) is 1. The van der Waals surface area contributed by atoms with Crippen LogP contribution in [0.15, 0.2) is 71.3 Å². The van der Waals surface area contributed by atoms with Gasteiger partial charge in [0.15, 0.2) is 5.78 Å². The number of ketones is 2. The van der Waals surface area contributed by atoms with Gasteiger partial charge in [-0.05, 0) is 11.5 Å². The van der Waals surface area contributed by atoms with Crippen molar-refractivity contribution >= 4 is 29.5 Å². The molecule has 11 nitrogen and oxygen atoms in total. The van der Waals surface area contributed by atoms with Gasteiger partial charge in [-0.1, -0.05) is 81.4 Å². The Balaban J connectivity index is 1.61. The summed E-state index contributed by atoms with van der Waals surface area (Å²) in [7, 11) is 0. The second-order valence-corrected chi connectivity index (χ2v) is 9.93. The Kier molecular flexibility index (Phi) is 10.9. The van der Waals surface area contributed by atoms with Crippen LogP contribution in [0.5, 0.6) is 0 Å².